The van der Waals surface area contributed by atoms with E-state index in [1.54, 1.807) is 6.07 Å². The lowest BCUT2D eigenvalue weighted by Gasteiger charge is -2.29. The molecule has 100 valence electrons. The highest BCUT2D eigenvalue weighted by Crippen LogP contribution is 2.31. The Balaban J connectivity index is 2.90. The molecule has 0 heterocycles. The van der Waals surface area contributed by atoms with Crippen LogP contribution in [0.2, 0.25) is 5.02 Å². The van der Waals surface area contributed by atoms with Gasteiger partial charge in [0, 0.05) is 17.6 Å². The number of hydrogen-bond donors (Lipinski definition) is 1. The molecule has 0 saturated carbocycles. The first-order valence-electron chi connectivity index (χ1n) is 5.92. The Morgan fingerprint density at radius 1 is 1.44 bits per heavy atom. The van der Waals surface area contributed by atoms with Crippen molar-refractivity contribution in [3.8, 4) is 0 Å². The van der Waals surface area contributed by atoms with Crippen molar-refractivity contribution in [1.82, 2.24) is 0 Å². The zero-order valence-corrected chi connectivity index (χ0v) is 11.9. The summed E-state index contributed by atoms with van der Waals surface area (Å²) in [6.07, 6.45) is 0. The summed E-state index contributed by atoms with van der Waals surface area (Å²) in [5.41, 5.74) is 0.580. The second-order valence-corrected chi connectivity index (χ2v) is 5.85. The van der Waals surface area contributed by atoms with Crippen LogP contribution < -0.4 is 5.32 Å². The summed E-state index contributed by atoms with van der Waals surface area (Å²) >= 11 is 5.87. The Bertz CT molecular complexity index is 445. The highest BCUT2D eigenvalue weighted by atomic mass is 35.5. The van der Waals surface area contributed by atoms with Gasteiger partial charge in [0.15, 0.2) is 0 Å². The summed E-state index contributed by atoms with van der Waals surface area (Å²) in [7, 11) is 0. The van der Waals surface area contributed by atoms with Crippen LogP contribution in [0.5, 0.6) is 0 Å². The molecule has 18 heavy (non-hydrogen) atoms. The zero-order valence-electron chi connectivity index (χ0n) is 11.2. The third-order valence-corrected chi connectivity index (χ3v) is 3.69. The normalized spacial score (nSPS) is 11.7. The van der Waals surface area contributed by atoms with Crippen LogP contribution in [0.1, 0.15) is 27.7 Å². The van der Waals surface area contributed by atoms with Gasteiger partial charge in [0.1, 0.15) is 5.69 Å². The molecule has 0 fully saturated rings. The van der Waals surface area contributed by atoms with Crippen molar-refractivity contribution < 1.29 is 4.92 Å². The highest BCUT2D eigenvalue weighted by molar-refractivity contribution is 6.31. The van der Waals surface area contributed by atoms with Crippen molar-refractivity contribution in [3.63, 3.8) is 0 Å². The number of rotatable bonds is 5. The van der Waals surface area contributed by atoms with Gasteiger partial charge in [0.05, 0.1) is 4.92 Å². The molecule has 1 aromatic carbocycles. The van der Waals surface area contributed by atoms with Crippen LogP contribution in [-0.4, -0.2) is 11.5 Å². The molecule has 0 saturated heterocycles. The number of anilines is 1. The molecule has 1 aromatic rings. The quantitative estimate of drug-likeness (QED) is 0.639. The van der Waals surface area contributed by atoms with Gasteiger partial charge in [-0.3, -0.25) is 10.1 Å². The van der Waals surface area contributed by atoms with Gasteiger partial charge in [-0.15, -0.1) is 0 Å². The number of nitrogens with zero attached hydrogens (tertiary/aromatic N) is 1. The first-order valence-corrected chi connectivity index (χ1v) is 6.29. The Morgan fingerprint density at radius 2 is 2.06 bits per heavy atom. The molecule has 0 aliphatic rings. The molecule has 5 heteroatoms. The molecule has 0 atom stereocenters. The molecule has 0 unspecified atom stereocenters. The van der Waals surface area contributed by atoms with E-state index < -0.39 is 4.92 Å². The molecule has 1 N–H and O–H groups in total. The molecule has 0 aromatic heterocycles. The van der Waals surface area contributed by atoms with Gasteiger partial charge in [-0.2, -0.15) is 0 Å². The fraction of sp³-hybridized carbons (Fsp3) is 0.538. The van der Waals surface area contributed by atoms with Gasteiger partial charge < -0.3 is 5.32 Å². The first kappa shape index (κ1) is 14.8. The van der Waals surface area contributed by atoms with Crippen molar-refractivity contribution in [2.75, 3.05) is 11.9 Å². The van der Waals surface area contributed by atoms with Crippen molar-refractivity contribution in [3.05, 3.63) is 33.3 Å². The average Bonchev–Trinajstić information content (AvgIpc) is 2.26. The molecule has 0 aliphatic carbocycles. The second kappa shape index (κ2) is 5.57. The summed E-state index contributed by atoms with van der Waals surface area (Å²) in [6, 6.07) is 4.54. The van der Waals surface area contributed by atoms with E-state index in [9.17, 15) is 10.1 Å². The Hall–Kier alpha value is -1.29. The van der Waals surface area contributed by atoms with Crippen molar-refractivity contribution in [2.24, 2.45) is 11.3 Å². The van der Waals surface area contributed by atoms with Crippen LogP contribution in [-0.2, 0) is 0 Å². The maximum Gasteiger partial charge on any atom is 0.292 e. The lowest BCUT2D eigenvalue weighted by Crippen LogP contribution is -2.28. The van der Waals surface area contributed by atoms with Crippen LogP contribution in [0.3, 0.4) is 0 Å². The molecule has 4 nitrogen and oxygen atoms in total. The van der Waals surface area contributed by atoms with E-state index in [1.165, 1.54) is 12.1 Å². The molecular formula is C13H19ClN2O2. The third-order valence-electron chi connectivity index (χ3n) is 3.45. The number of nitro benzene ring substituents is 1. The van der Waals surface area contributed by atoms with E-state index in [1.807, 2.05) is 0 Å². The number of benzene rings is 1. The van der Waals surface area contributed by atoms with E-state index in [0.29, 0.717) is 23.2 Å². The fourth-order valence-electron chi connectivity index (χ4n) is 1.34. The van der Waals surface area contributed by atoms with Crippen LogP contribution in [0, 0.1) is 21.4 Å². The predicted molar refractivity (Wildman–Crippen MR) is 75.2 cm³/mol. The summed E-state index contributed by atoms with van der Waals surface area (Å²) < 4.78 is 0. The highest BCUT2D eigenvalue weighted by Gasteiger charge is 2.23. The Labute approximate surface area is 112 Å². The minimum absolute atomic E-state index is 0.0518. The summed E-state index contributed by atoms with van der Waals surface area (Å²) in [4.78, 5) is 10.5. The zero-order chi connectivity index (χ0) is 13.9. The SMILES string of the molecule is CC(C)C(C)(C)CNc1cc(Cl)ccc1[N+](=O)[O-]. The molecule has 0 spiro atoms. The van der Waals surface area contributed by atoms with Crippen LogP contribution in [0.25, 0.3) is 0 Å². The molecule has 1 rings (SSSR count). The van der Waals surface area contributed by atoms with Gasteiger partial charge in [0.2, 0.25) is 0 Å². The second-order valence-electron chi connectivity index (χ2n) is 5.42. The average molecular weight is 271 g/mol. The smallest absolute Gasteiger partial charge is 0.292 e. The summed E-state index contributed by atoms with van der Waals surface area (Å²) in [5, 5.41) is 14.5. The van der Waals surface area contributed by atoms with Crippen LogP contribution in [0.4, 0.5) is 11.4 Å². The third kappa shape index (κ3) is 3.60. The number of nitrogens with one attached hydrogen (secondary N) is 1. The van der Waals surface area contributed by atoms with Crippen molar-refractivity contribution in [1.29, 1.82) is 0 Å². The first-order chi connectivity index (χ1) is 8.24. The standard InChI is InChI=1S/C13H19ClN2O2/c1-9(2)13(3,4)8-15-11-7-10(14)5-6-12(11)16(17)18/h5-7,9,15H,8H2,1-4H3. The molecule has 0 amide bonds. The van der Waals surface area contributed by atoms with E-state index in [0.717, 1.165) is 0 Å². The largest absolute Gasteiger partial charge is 0.379 e. The number of halogens is 1. The van der Waals surface area contributed by atoms with Crippen LogP contribution >= 0.6 is 11.6 Å². The fourth-order valence-corrected chi connectivity index (χ4v) is 1.51. The minimum atomic E-state index is -0.402. The van der Waals surface area contributed by atoms with E-state index in [2.05, 4.69) is 33.0 Å². The topological polar surface area (TPSA) is 55.2 Å². The van der Waals surface area contributed by atoms with Gasteiger partial charge in [0.25, 0.3) is 5.69 Å². The van der Waals surface area contributed by atoms with E-state index in [4.69, 9.17) is 11.6 Å². The van der Waals surface area contributed by atoms with Gasteiger partial charge in [-0.1, -0.05) is 39.3 Å². The van der Waals surface area contributed by atoms with Gasteiger partial charge in [-0.25, -0.2) is 0 Å². The number of hydrogen-bond acceptors (Lipinski definition) is 3. The summed E-state index contributed by atoms with van der Waals surface area (Å²) in [6.45, 7) is 9.18. The predicted octanol–water partition coefficient (Wildman–Crippen LogP) is 4.34. The Kier molecular flexibility index (Phi) is 4.57. The lowest BCUT2D eigenvalue weighted by molar-refractivity contribution is -0.384. The molecule has 0 bridgehead atoms. The molecular weight excluding hydrogens is 252 g/mol. The maximum absolute atomic E-state index is 10.9. The lowest BCUT2D eigenvalue weighted by atomic mass is 9.81. The number of nitro groups is 1. The van der Waals surface area contributed by atoms with Gasteiger partial charge >= 0.3 is 0 Å². The van der Waals surface area contributed by atoms with Crippen LogP contribution in [0.15, 0.2) is 18.2 Å². The molecule has 0 radical (unpaired) electrons. The van der Waals surface area contributed by atoms with E-state index >= 15 is 0 Å². The van der Waals surface area contributed by atoms with Crippen molar-refractivity contribution in [2.45, 2.75) is 27.7 Å². The monoisotopic (exact) mass is 270 g/mol. The maximum atomic E-state index is 10.9. The Morgan fingerprint density at radius 3 is 2.56 bits per heavy atom. The molecule has 0 aliphatic heterocycles. The summed E-state index contributed by atoms with van der Waals surface area (Å²) in [5.74, 6) is 0.475. The van der Waals surface area contributed by atoms with Crippen molar-refractivity contribution >= 4 is 23.0 Å². The minimum Gasteiger partial charge on any atom is -0.379 e. The van der Waals surface area contributed by atoms with Gasteiger partial charge in [-0.05, 0) is 23.5 Å². The van der Waals surface area contributed by atoms with E-state index in [-0.39, 0.29) is 11.1 Å².